The van der Waals surface area contributed by atoms with Crippen LogP contribution in [0.1, 0.15) is 11.5 Å². The number of rotatable bonds is 2. The van der Waals surface area contributed by atoms with Crippen LogP contribution in [0.5, 0.6) is 0 Å². The minimum absolute atomic E-state index is 0.0765. The summed E-state index contributed by atoms with van der Waals surface area (Å²) in [6.07, 6.45) is -0.0765. The molecule has 1 fully saturated rings. The summed E-state index contributed by atoms with van der Waals surface area (Å²) in [4.78, 5) is 2.26. The average Bonchev–Trinajstić information content (AvgIpc) is 2.52. The molecule has 0 saturated carbocycles. The third-order valence-electron chi connectivity index (χ3n) is 3.17. The molecular formula is C13H19NO2. The number of nitrogens with zero attached hydrogens (tertiary/aromatic N) is 1. The van der Waals surface area contributed by atoms with Crippen molar-refractivity contribution in [3.05, 3.63) is 35.9 Å². The Morgan fingerprint density at radius 2 is 2.12 bits per heavy atom. The molecule has 88 valence electrons. The summed E-state index contributed by atoms with van der Waals surface area (Å²) < 4.78 is 5.70. The van der Waals surface area contributed by atoms with E-state index in [-0.39, 0.29) is 18.6 Å². The van der Waals surface area contributed by atoms with Gasteiger partial charge in [0.1, 0.15) is 0 Å². The van der Waals surface area contributed by atoms with Crippen LogP contribution < -0.4 is 0 Å². The van der Waals surface area contributed by atoms with Gasteiger partial charge in [-0.25, -0.2) is 0 Å². The normalized spacial score (nSPS) is 27.6. The summed E-state index contributed by atoms with van der Waals surface area (Å²) in [6, 6.07) is 10.3. The van der Waals surface area contributed by atoms with E-state index in [1.807, 2.05) is 18.2 Å². The van der Waals surface area contributed by atoms with E-state index in [1.54, 1.807) is 0 Å². The molecule has 3 nitrogen and oxygen atoms in total. The summed E-state index contributed by atoms with van der Waals surface area (Å²) >= 11 is 0. The predicted molar refractivity (Wildman–Crippen MR) is 63.5 cm³/mol. The third kappa shape index (κ3) is 2.61. The van der Waals surface area contributed by atoms with Crippen LogP contribution in [0.15, 0.2) is 30.3 Å². The molecule has 3 heteroatoms. The van der Waals surface area contributed by atoms with Crippen molar-refractivity contribution in [2.24, 2.45) is 0 Å². The van der Waals surface area contributed by atoms with Gasteiger partial charge in [-0.3, -0.25) is 0 Å². The van der Waals surface area contributed by atoms with Gasteiger partial charge in [0.25, 0.3) is 0 Å². The zero-order valence-corrected chi connectivity index (χ0v) is 9.67. The van der Waals surface area contributed by atoms with Gasteiger partial charge in [-0.15, -0.1) is 0 Å². The Morgan fingerprint density at radius 1 is 1.38 bits per heavy atom. The van der Waals surface area contributed by atoms with E-state index in [4.69, 9.17) is 4.74 Å². The Morgan fingerprint density at radius 3 is 2.81 bits per heavy atom. The van der Waals surface area contributed by atoms with Gasteiger partial charge in [-0.1, -0.05) is 30.3 Å². The molecule has 16 heavy (non-hydrogen) atoms. The highest BCUT2D eigenvalue weighted by Gasteiger charge is 2.27. The Balaban J connectivity index is 2.20. The molecule has 2 unspecified atom stereocenters. The Bertz CT molecular complexity index is 315. The molecule has 0 aliphatic carbocycles. The van der Waals surface area contributed by atoms with Crippen LogP contribution >= 0.6 is 0 Å². The Kier molecular flexibility index (Phi) is 3.93. The van der Waals surface area contributed by atoms with Crippen molar-refractivity contribution >= 4 is 0 Å². The van der Waals surface area contributed by atoms with Gasteiger partial charge in [-0.05, 0) is 12.6 Å². The first-order valence-corrected chi connectivity index (χ1v) is 5.77. The first kappa shape index (κ1) is 11.6. The smallest absolute Gasteiger partial charge is 0.0886 e. The van der Waals surface area contributed by atoms with Crippen LogP contribution in [0.3, 0.4) is 0 Å². The molecule has 0 aromatic heterocycles. The summed E-state index contributed by atoms with van der Waals surface area (Å²) in [5, 5.41) is 9.39. The number of ether oxygens (including phenoxy) is 1. The van der Waals surface area contributed by atoms with Crippen molar-refractivity contribution in [1.82, 2.24) is 4.90 Å². The highest BCUT2D eigenvalue weighted by molar-refractivity contribution is 5.21. The molecule has 0 spiro atoms. The number of aliphatic hydroxyl groups excluding tert-OH is 1. The summed E-state index contributed by atoms with van der Waals surface area (Å²) in [7, 11) is 2.10. The minimum Gasteiger partial charge on any atom is -0.394 e. The molecule has 0 bridgehead atoms. The van der Waals surface area contributed by atoms with Crippen LogP contribution in [-0.2, 0) is 4.74 Å². The molecule has 1 aliphatic rings. The fourth-order valence-corrected chi connectivity index (χ4v) is 2.22. The molecule has 1 N–H and O–H groups in total. The van der Waals surface area contributed by atoms with Gasteiger partial charge < -0.3 is 14.7 Å². The largest absolute Gasteiger partial charge is 0.394 e. The second-order valence-electron chi connectivity index (χ2n) is 4.37. The van der Waals surface area contributed by atoms with Crippen LogP contribution in [0, 0.1) is 0 Å². The Hall–Kier alpha value is -0.900. The number of aliphatic hydroxyl groups is 1. The topological polar surface area (TPSA) is 32.7 Å². The second-order valence-corrected chi connectivity index (χ2v) is 4.37. The first-order chi connectivity index (χ1) is 7.81. The fraction of sp³-hybridized carbons (Fsp3) is 0.538. The third-order valence-corrected chi connectivity index (χ3v) is 3.17. The van der Waals surface area contributed by atoms with E-state index in [9.17, 15) is 5.11 Å². The van der Waals surface area contributed by atoms with Gasteiger partial charge in [0.05, 0.1) is 19.3 Å². The van der Waals surface area contributed by atoms with E-state index in [0.29, 0.717) is 6.61 Å². The van der Waals surface area contributed by atoms with E-state index in [0.717, 1.165) is 13.1 Å². The van der Waals surface area contributed by atoms with Crippen LogP contribution in [0.25, 0.3) is 0 Å². The van der Waals surface area contributed by atoms with Crippen LogP contribution in [0.4, 0.5) is 0 Å². The van der Waals surface area contributed by atoms with Crippen molar-refractivity contribution in [2.45, 2.75) is 12.0 Å². The standard InChI is InChI=1S/C13H19NO2/c1-14-7-8-16-13(10-15)12(9-14)11-5-3-2-4-6-11/h2-6,12-13,15H,7-10H2,1H3. The van der Waals surface area contributed by atoms with Gasteiger partial charge in [-0.2, -0.15) is 0 Å². The van der Waals surface area contributed by atoms with E-state index >= 15 is 0 Å². The summed E-state index contributed by atoms with van der Waals surface area (Å²) in [5.41, 5.74) is 1.25. The van der Waals surface area contributed by atoms with Crippen molar-refractivity contribution in [3.63, 3.8) is 0 Å². The van der Waals surface area contributed by atoms with Crippen molar-refractivity contribution in [1.29, 1.82) is 0 Å². The lowest BCUT2D eigenvalue weighted by Crippen LogP contribution is -2.30. The molecule has 0 amide bonds. The van der Waals surface area contributed by atoms with Crippen LogP contribution in [0.2, 0.25) is 0 Å². The van der Waals surface area contributed by atoms with Gasteiger partial charge in [0.15, 0.2) is 0 Å². The first-order valence-electron chi connectivity index (χ1n) is 5.77. The molecule has 1 aromatic carbocycles. The zero-order chi connectivity index (χ0) is 11.4. The zero-order valence-electron chi connectivity index (χ0n) is 9.67. The monoisotopic (exact) mass is 221 g/mol. The number of likely N-dealkylation sites (N-methyl/N-ethyl adjacent to an activating group) is 1. The lowest BCUT2D eigenvalue weighted by molar-refractivity contribution is 0.0105. The maximum Gasteiger partial charge on any atom is 0.0886 e. The van der Waals surface area contributed by atoms with Gasteiger partial charge in [0, 0.05) is 19.0 Å². The molecule has 1 aromatic rings. The molecule has 0 radical (unpaired) electrons. The Labute approximate surface area is 96.6 Å². The molecule has 1 heterocycles. The lowest BCUT2D eigenvalue weighted by atomic mass is 9.93. The quantitative estimate of drug-likeness (QED) is 0.811. The maximum atomic E-state index is 9.39. The van der Waals surface area contributed by atoms with Gasteiger partial charge in [0.2, 0.25) is 0 Å². The van der Waals surface area contributed by atoms with Crippen molar-refractivity contribution < 1.29 is 9.84 Å². The fourth-order valence-electron chi connectivity index (χ4n) is 2.22. The van der Waals surface area contributed by atoms with Crippen LogP contribution in [-0.4, -0.2) is 49.5 Å². The number of hydrogen-bond donors (Lipinski definition) is 1. The van der Waals surface area contributed by atoms with Gasteiger partial charge >= 0.3 is 0 Å². The van der Waals surface area contributed by atoms with Crippen molar-refractivity contribution in [3.8, 4) is 0 Å². The molecular weight excluding hydrogens is 202 g/mol. The minimum atomic E-state index is -0.0765. The summed E-state index contributed by atoms with van der Waals surface area (Å²) in [5.74, 6) is 0.263. The van der Waals surface area contributed by atoms with E-state index in [1.165, 1.54) is 5.56 Å². The lowest BCUT2D eigenvalue weighted by Gasteiger charge is -2.25. The van der Waals surface area contributed by atoms with E-state index in [2.05, 4.69) is 24.1 Å². The van der Waals surface area contributed by atoms with Crippen molar-refractivity contribution in [2.75, 3.05) is 33.4 Å². The molecule has 2 rings (SSSR count). The second kappa shape index (κ2) is 5.43. The number of hydrogen-bond acceptors (Lipinski definition) is 3. The maximum absolute atomic E-state index is 9.39. The predicted octanol–water partition coefficient (Wildman–Crippen LogP) is 1.09. The number of benzene rings is 1. The highest BCUT2D eigenvalue weighted by Crippen LogP contribution is 2.24. The summed E-state index contributed by atoms with van der Waals surface area (Å²) in [6.45, 7) is 2.66. The molecule has 2 atom stereocenters. The van der Waals surface area contributed by atoms with E-state index < -0.39 is 0 Å². The SMILES string of the molecule is CN1CCOC(CO)C(c2ccccc2)C1. The highest BCUT2D eigenvalue weighted by atomic mass is 16.5. The molecule has 1 saturated heterocycles. The average molecular weight is 221 g/mol. The molecule has 1 aliphatic heterocycles.